The van der Waals surface area contributed by atoms with E-state index in [1.807, 2.05) is 31.2 Å². The van der Waals surface area contributed by atoms with E-state index in [0.717, 1.165) is 16.7 Å². The molecule has 1 N–H and O–H groups in total. The summed E-state index contributed by atoms with van der Waals surface area (Å²) in [5, 5.41) is 9.03. The van der Waals surface area contributed by atoms with E-state index in [1.54, 1.807) is 6.92 Å². The minimum absolute atomic E-state index is 0.476. The Labute approximate surface area is 107 Å². The second kappa shape index (κ2) is 5.05. The third kappa shape index (κ3) is 2.59. The largest absolute Gasteiger partial charge is 0.481 e. The summed E-state index contributed by atoms with van der Waals surface area (Å²) in [6, 6.07) is 15.9. The standard InChI is InChI=1S/C16H16O2/c1-11-6-8-13(9-7-11)15-5-3-4-14(10-15)12(2)16(17)18/h3-10,12H,1-2H3,(H,17,18). The van der Waals surface area contributed by atoms with Gasteiger partial charge in [-0.15, -0.1) is 0 Å². The molecule has 0 fully saturated rings. The van der Waals surface area contributed by atoms with Gasteiger partial charge in [-0.25, -0.2) is 0 Å². The molecule has 0 saturated heterocycles. The minimum Gasteiger partial charge on any atom is -0.481 e. The molecule has 2 aromatic rings. The monoisotopic (exact) mass is 240 g/mol. The highest BCUT2D eigenvalue weighted by molar-refractivity contribution is 5.76. The maximum Gasteiger partial charge on any atom is 0.310 e. The molecule has 0 aromatic heterocycles. The topological polar surface area (TPSA) is 37.3 Å². The molecular formula is C16H16O2. The van der Waals surface area contributed by atoms with E-state index in [0.29, 0.717) is 0 Å². The molecule has 92 valence electrons. The molecule has 0 amide bonds. The van der Waals surface area contributed by atoms with Crippen LogP contribution in [0.1, 0.15) is 24.0 Å². The van der Waals surface area contributed by atoms with Gasteiger partial charge in [-0.1, -0.05) is 54.1 Å². The molecule has 0 aliphatic heterocycles. The first-order valence-corrected chi connectivity index (χ1v) is 5.98. The summed E-state index contributed by atoms with van der Waals surface area (Å²) in [4.78, 5) is 11.0. The van der Waals surface area contributed by atoms with Crippen molar-refractivity contribution in [3.05, 3.63) is 59.7 Å². The number of carboxylic acid groups (broad SMARTS) is 1. The van der Waals surface area contributed by atoms with Crippen molar-refractivity contribution in [1.82, 2.24) is 0 Å². The molecule has 0 bridgehead atoms. The molecule has 0 saturated carbocycles. The summed E-state index contributed by atoms with van der Waals surface area (Å²) in [7, 11) is 0. The lowest BCUT2D eigenvalue weighted by atomic mass is 9.96. The summed E-state index contributed by atoms with van der Waals surface area (Å²) >= 11 is 0. The summed E-state index contributed by atoms with van der Waals surface area (Å²) in [6.45, 7) is 3.75. The molecule has 1 unspecified atom stereocenters. The lowest BCUT2D eigenvalue weighted by Crippen LogP contribution is -2.07. The van der Waals surface area contributed by atoms with Crippen molar-refractivity contribution in [3.8, 4) is 11.1 Å². The molecule has 2 aromatic carbocycles. The van der Waals surface area contributed by atoms with Crippen molar-refractivity contribution in [3.63, 3.8) is 0 Å². The fraction of sp³-hybridized carbons (Fsp3) is 0.188. The Morgan fingerprint density at radius 3 is 2.33 bits per heavy atom. The first kappa shape index (κ1) is 12.4. The Morgan fingerprint density at radius 1 is 1.06 bits per heavy atom. The zero-order valence-electron chi connectivity index (χ0n) is 10.6. The van der Waals surface area contributed by atoms with Crippen molar-refractivity contribution in [1.29, 1.82) is 0 Å². The van der Waals surface area contributed by atoms with Gasteiger partial charge in [0.15, 0.2) is 0 Å². The van der Waals surface area contributed by atoms with Gasteiger partial charge in [0, 0.05) is 0 Å². The van der Waals surface area contributed by atoms with Crippen LogP contribution >= 0.6 is 0 Å². The SMILES string of the molecule is Cc1ccc(-c2cccc(C(C)C(=O)O)c2)cc1. The average molecular weight is 240 g/mol. The quantitative estimate of drug-likeness (QED) is 0.884. The van der Waals surface area contributed by atoms with E-state index in [1.165, 1.54) is 5.56 Å². The fourth-order valence-corrected chi connectivity index (χ4v) is 1.88. The summed E-state index contributed by atoms with van der Waals surface area (Å²) in [5.74, 6) is -1.27. The van der Waals surface area contributed by atoms with E-state index >= 15 is 0 Å². The van der Waals surface area contributed by atoms with E-state index in [9.17, 15) is 4.79 Å². The van der Waals surface area contributed by atoms with Gasteiger partial charge in [0.2, 0.25) is 0 Å². The lowest BCUT2D eigenvalue weighted by molar-refractivity contribution is -0.138. The average Bonchev–Trinajstić information content (AvgIpc) is 2.38. The van der Waals surface area contributed by atoms with Crippen molar-refractivity contribution in [2.24, 2.45) is 0 Å². The number of hydrogen-bond acceptors (Lipinski definition) is 1. The van der Waals surface area contributed by atoms with Crippen LogP contribution in [-0.4, -0.2) is 11.1 Å². The van der Waals surface area contributed by atoms with Crippen LogP contribution in [0.25, 0.3) is 11.1 Å². The van der Waals surface area contributed by atoms with Gasteiger partial charge in [-0.05, 0) is 30.5 Å². The first-order valence-electron chi connectivity index (χ1n) is 5.98. The molecule has 18 heavy (non-hydrogen) atoms. The van der Waals surface area contributed by atoms with Gasteiger partial charge in [0.25, 0.3) is 0 Å². The van der Waals surface area contributed by atoms with Gasteiger partial charge < -0.3 is 5.11 Å². The third-order valence-corrected chi connectivity index (χ3v) is 3.14. The zero-order chi connectivity index (χ0) is 13.1. The second-order valence-electron chi connectivity index (χ2n) is 4.55. The summed E-state index contributed by atoms with van der Waals surface area (Å²) < 4.78 is 0. The van der Waals surface area contributed by atoms with E-state index in [2.05, 4.69) is 24.3 Å². The fourth-order valence-electron chi connectivity index (χ4n) is 1.88. The Kier molecular flexibility index (Phi) is 3.47. The van der Waals surface area contributed by atoms with Gasteiger partial charge in [-0.2, -0.15) is 0 Å². The van der Waals surface area contributed by atoms with Crippen molar-refractivity contribution in [2.45, 2.75) is 19.8 Å². The summed E-state index contributed by atoms with van der Waals surface area (Å²) in [6.07, 6.45) is 0. The van der Waals surface area contributed by atoms with Crippen LogP contribution in [0, 0.1) is 6.92 Å². The van der Waals surface area contributed by atoms with E-state index in [4.69, 9.17) is 5.11 Å². The third-order valence-electron chi connectivity index (χ3n) is 3.14. The highest BCUT2D eigenvalue weighted by atomic mass is 16.4. The maximum absolute atomic E-state index is 11.0. The molecule has 2 nitrogen and oxygen atoms in total. The van der Waals surface area contributed by atoms with Gasteiger partial charge in [0.1, 0.15) is 0 Å². The maximum atomic E-state index is 11.0. The molecule has 0 spiro atoms. The lowest BCUT2D eigenvalue weighted by Gasteiger charge is -2.09. The number of rotatable bonds is 3. The number of benzene rings is 2. The zero-order valence-corrected chi connectivity index (χ0v) is 10.6. The van der Waals surface area contributed by atoms with Crippen LogP contribution in [0.3, 0.4) is 0 Å². The molecule has 0 heterocycles. The summed E-state index contributed by atoms with van der Waals surface area (Å²) in [5.41, 5.74) is 4.22. The normalized spacial score (nSPS) is 12.1. The van der Waals surface area contributed by atoms with Crippen molar-refractivity contribution >= 4 is 5.97 Å². The smallest absolute Gasteiger partial charge is 0.310 e. The number of carboxylic acids is 1. The second-order valence-corrected chi connectivity index (χ2v) is 4.55. The van der Waals surface area contributed by atoms with Gasteiger partial charge in [-0.3, -0.25) is 4.79 Å². The van der Waals surface area contributed by atoms with Crippen LogP contribution in [0.4, 0.5) is 0 Å². The Bertz CT molecular complexity index is 556. The van der Waals surface area contributed by atoms with Gasteiger partial charge >= 0.3 is 5.97 Å². The molecule has 2 rings (SSSR count). The van der Waals surface area contributed by atoms with Crippen molar-refractivity contribution < 1.29 is 9.90 Å². The number of carbonyl (C=O) groups is 1. The highest BCUT2D eigenvalue weighted by Gasteiger charge is 2.13. The van der Waals surface area contributed by atoms with Crippen LogP contribution in [0.5, 0.6) is 0 Å². The number of hydrogen-bond donors (Lipinski definition) is 1. The van der Waals surface area contributed by atoms with E-state index < -0.39 is 11.9 Å². The predicted octanol–water partition coefficient (Wildman–Crippen LogP) is 3.85. The molecule has 0 aliphatic carbocycles. The Hall–Kier alpha value is -2.09. The van der Waals surface area contributed by atoms with Crippen molar-refractivity contribution in [2.75, 3.05) is 0 Å². The predicted molar refractivity (Wildman–Crippen MR) is 72.7 cm³/mol. The molecule has 0 radical (unpaired) electrons. The Morgan fingerprint density at radius 2 is 1.72 bits per heavy atom. The van der Waals surface area contributed by atoms with Crippen LogP contribution in [0.2, 0.25) is 0 Å². The van der Waals surface area contributed by atoms with Crippen LogP contribution in [-0.2, 0) is 4.79 Å². The number of aliphatic carboxylic acids is 1. The van der Waals surface area contributed by atoms with Crippen LogP contribution < -0.4 is 0 Å². The minimum atomic E-state index is -0.795. The van der Waals surface area contributed by atoms with E-state index in [-0.39, 0.29) is 0 Å². The number of aryl methyl sites for hydroxylation is 1. The molecular weight excluding hydrogens is 224 g/mol. The molecule has 0 aliphatic rings. The van der Waals surface area contributed by atoms with Gasteiger partial charge in [0.05, 0.1) is 5.92 Å². The first-order chi connectivity index (χ1) is 8.58. The van der Waals surface area contributed by atoms with Crippen LogP contribution in [0.15, 0.2) is 48.5 Å². The highest BCUT2D eigenvalue weighted by Crippen LogP contribution is 2.24. The Balaban J connectivity index is 2.38. The molecule has 1 atom stereocenters. The molecule has 2 heteroatoms.